The number of hydrogen-bond acceptors (Lipinski definition) is 5. The maximum absolute atomic E-state index is 11.8. The van der Waals surface area contributed by atoms with Crippen LogP contribution in [0.25, 0.3) is 16.8 Å². The fourth-order valence-corrected chi connectivity index (χ4v) is 4.23. The predicted molar refractivity (Wildman–Crippen MR) is 137 cm³/mol. The molecule has 3 rings (SSSR count). The van der Waals surface area contributed by atoms with Gasteiger partial charge in [-0.1, -0.05) is 42.5 Å². The van der Waals surface area contributed by atoms with E-state index in [4.69, 9.17) is 5.73 Å². The van der Waals surface area contributed by atoms with Crippen LogP contribution in [0.3, 0.4) is 0 Å². The molecule has 0 aliphatic carbocycles. The quantitative estimate of drug-likeness (QED) is 0.165. The molecule has 0 fully saturated rings. The lowest BCUT2D eigenvalue weighted by Crippen LogP contribution is -2.22. The fourth-order valence-electron chi connectivity index (χ4n) is 3.30. The van der Waals surface area contributed by atoms with Crippen LogP contribution in [0.4, 0.5) is 5.82 Å². The van der Waals surface area contributed by atoms with Crippen molar-refractivity contribution in [3.8, 4) is 0 Å². The molecule has 2 aromatic carbocycles. The Morgan fingerprint density at radius 3 is 2.67 bits per heavy atom. The number of benzene rings is 2. The Kier molecular flexibility index (Phi) is 8.48. The number of thiol groups is 1. The number of aliphatic hydroxyl groups is 2. The number of hydrogen-bond donors (Lipinski definition) is 4. The summed E-state index contributed by atoms with van der Waals surface area (Å²) in [6.45, 7) is 3.60. The summed E-state index contributed by atoms with van der Waals surface area (Å²) in [4.78, 5) is 22.3. The number of rotatable bonds is 9. The van der Waals surface area contributed by atoms with Gasteiger partial charge in [-0.15, -0.1) is 11.4 Å². The van der Waals surface area contributed by atoms with E-state index in [9.17, 15) is 15.0 Å². The smallest absolute Gasteiger partial charge is 0.214 e. The van der Waals surface area contributed by atoms with Gasteiger partial charge in [0.25, 0.3) is 0 Å². The summed E-state index contributed by atoms with van der Waals surface area (Å²) in [5, 5.41) is 22.5. The Morgan fingerprint density at radius 2 is 1.97 bits per heavy atom. The number of carbonyl (C=O) groups excluding carboxylic acids is 1. The normalized spacial score (nSPS) is 13.0. The molecule has 1 heterocycles. The molecule has 172 valence electrons. The molecule has 33 heavy (non-hydrogen) atoms. The molecule has 7 nitrogen and oxygen atoms in total. The summed E-state index contributed by atoms with van der Waals surface area (Å²) < 4.78 is 0. The van der Waals surface area contributed by atoms with Crippen LogP contribution in [0, 0.1) is 6.92 Å². The number of nitrogens with zero attached hydrogens (tertiary/aromatic N) is 3. The third kappa shape index (κ3) is 6.58. The number of allylic oxidation sites excluding steroid dienone is 1. The molecule has 4 N–H and O–H groups in total. The first-order valence-corrected chi connectivity index (χ1v) is 11.4. The highest BCUT2D eigenvalue weighted by Crippen LogP contribution is 2.23. The second-order valence-corrected chi connectivity index (χ2v) is 8.70. The first-order valence-electron chi connectivity index (χ1n) is 10.5. The number of fused-ring (bicyclic) bond motifs is 1. The topological polar surface area (TPSA) is 113 Å². The Hall–Kier alpha value is -3.33. The molecule has 0 spiro atoms. The Labute approximate surface area is 196 Å². The highest BCUT2D eigenvalue weighted by Gasteiger charge is 2.13. The van der Waals surface area contributed by atoms with E-state index in [0.717, 1.165) is 21.2 Å². The largest absolute Gasteiger partial charge is 0.396 e. The molecule has 0 saturated carbocycles. The maximum Gasteiger partial charge on any atom is 0.214 e. The van der Waals surface area contributed by atoms with Crippen LogP contribution in [-0.2, 0) is 11.3 Å². The lowest BCUT2D eigenvalue weighted by Gasteiger charge is -2.21. The van der Waals surface area contributed by atoms with Crippen molar-refractivity contribution >= 4 is 45.5 Å². The second-order valence-electron chi connectivity index (χ2n) is 7.48. The van der Waals surface area contributed by atoms with E-state index < -0.39 is 0 Å². The number of nitrogens with two attached hydrogens (primary N) is 1. The van der Waals surface area contributed by atoms with Crippen LogP contribution >= 0.6 is 11.4 Å². The molecule has 1 amide bonds. The zero-order chi connectivity index (χ0) is 23.8. The van der Waals surface area contributed by atoms with Crippen LogP contribution in [0.15, 0.2) is 65.3 Å². The summed E-state index contributed by atoms with van der Waals surface area (Å²) in [7, 11) is 0. The summed E-state index contributed by atoms with van der Waals surface area (Å²) in [6.07, 6.45) is 6.08. The molecule has 1 aromatic heterocycles. The Balaban J connectivity index is 1.84. The van der Waals surface area contributed by atoms with E-state index in [1.165, 1.54) is 4.90 Å². The van der Waals surface area contributed by atoms with Crippen molar-refractivity contribution in [1.29, 1.82) is 0 Å². The molecule has 8 heteroatoms. The predicted octanol–water partition coefficient (Wildman–Crippen LogP) is 3.96. The van der Waals surface area contributed by atoms with Gasteiger partial charge >= 0.3 is 0 Å². The number of aliphatic hydroxyl groups excluding tert-OH is 2. The minimum absolute atomic E-state index is 0.106. The standard InChI is InChI=1S/C25H28N4O3S/c1-17(29(16-31)15-22-14-27-18(2)28-25(22)26)23(11-12-30)33-24(32)10-8-19-7-9-20-5-3-4-6-21(20)13-19/h3-10,13-14,16,30,32-33H,11-12,15H2,1-2H3,(H2,26,27,28)/b10-8+,23-17-. The average molecular weight is 465 g/mol. The van der Waals surface area contributed by atoms with Gasteiger partial charge in [0, 0.05) is 35.4 Å². The molecule has 0 unspecified atom stereocenters. The summed E-state index contributed by atoms with van der Waals surface area (Å²) in [5.74, 6) is 0.870. The van der Waals surface area contributed by atoms with Crippen LogP contribution in [0.2, 0.25) is 0 Å². The van der Waals surface area contributed by atoms with Gasteiger partial charge < -0.3 is 20.8 Å². The van der Waals surface area contributed by atoms with Crippen LogP contribution < -0.4 is 5.73 Å². The van der Waals surface area contributed by atoms with Crippen molar-refractivity contribution in [2.75, 3.05) is 12.3 Å². The molecular formula is C25H28N4O3S. The molecule has 0 aliphatic heterocycles. The van der Waals surface area contributed by atoms with E-state index in [2.05, 4.69) is 16.0 Å². The van der Waals surface area contributed by atoms with Gasteiger partial charge in [0.2, 0.25) is 6.41 Å². The van der Waals surface area contributed by atoms with Crippen molar-refractivity contribution < 1.29 is 15.0 Å². The SMILES string of the molecule is C/C(=C(CCO)/[SH]=C(O)\C=C\c1ccc2ccccc2c1)N(C=O)Cc1cnc(C)nc1N. The van der Waals surface area contributed by atoms with E-state index in [-0.39, 0.29) is 18.2 Å². The van der Waals surface area contributed by atoms with Gasteiger partial charge in [0.1, 0.15) is 11.6 Å². The number of aryl methyl sites for hydroxylation is 1. The third-order valence-electron chi connectivity index (χ3n) is 5.13. The molecular weight excluding hydrogens is 436 g/mol. The van der Waals surface area contributed by atoms with Crippen molar-refractivity contribution in [2.24, 2.45) is 0 Å². The first kappa shape index (κ1) is 24.3. The van der Waals surface area contributed by atoms with Crippen molar-refractivity contribution in [2.45, 2.75) is 26.8 Å². The molecule has 0 bridgehead atoms. The number of amides is 1. The molecule has 0 aliphatic rings. The van der Waals surface area contributed by atoms with Crippen LogP contribution in [0.5, 0.6) is 0 Å². The van der Waals surface area contributed by atoms with Gasteiger partial charge in [-0.3, -0.25) is 4.79 Å². The third-order valence-corrected chi connectivity index (χ3v) is 6.33. The highest BCUT2D eigenvalue weighted by molar-refractivity contribution is 8.02. The number of anilines is 1. The Bertz CT molecular complexity index is 1240. The number of nitrogen functional groups attached to an aromatic ring is 1. The summed E-state index contributed by atoms with van der Waals surface area (Å²) >= 11 is 0.507. The number of carbonyl (C=O) groups is 1. The average Bonchev–Trinajstić information content (AvgIpc) is 2.81. The van der Waals surface area contributed by atoms with Crippen LogP contribution in [-0.4, -0.2) is 43.1 Å². The zero-order valence-electron chi connectivity index (χ0n) is 18.6. The molecule has 0 atom stereocenters. The zero-order valence-corrected chi connectivity index (χ0v) is 19.5. The van der Waals surface area contributed by atoms with Gasteiger partial charge in [0.15, 0.2) is 0 Å². The Morgan fingerprint density at radius 1 is 1.21 bits per heavy atom. The lowest BCUT2D eigenvalue weighted by molar-refractivity contribution is -0.116. The monoisotopic (exact) mass is 464 g/mol. The van der Waals surface area contributed by atoms with Crippen molar-refractivity contribution in [3.63, 3.8) is 0 Å². The first-order chi connectivity index (χ1) is 15.9. The van der Waals surface area contributed by atoms with Gasteiger partial charge in [0.05, 0.1) is 11.6 Å². The van der Waals surface area contributed by atoms with Gasteiger partial charge in [-0.25, -0.2) is 9.97 Å². The van der Waals surface area contributed by atoms with Gasteiger partial charge in [-0.05, 0) is 42.3 Å². The van der Waals surface area contributed by atoms with E-state index in [0.29, 0.717) is 47.1 Å². The van der Waals surface area contributed by atoms with E-state index in [1.54, 1.807) is 26.1 Å². The minimum atomic E-state index is -0.107. The highest BCUT2D eigenvalue weighted by atomic mass is 32.1. The van der Waals surface area contributed by atoms with Crippen molar-refractivity contribution in [1.82, 2.24) is 14.9 Å². The fraction of sp³-hybridized carbons (Fsp3) is 0.200. The molecule has 0 radical (unpaired) electrons. The van der Waals surface area contributed by atoms with E-state index in [1.807, 2.05) is 42.5 Å². The summed E-state index contributed by atoms with van der Waals surface area (Å²) in [5.41, 5.74) is 8.18. The maximum atomic E-state index is 11.8. The molecule has 0 saturated heterocycles. The lowest BCUT2D eigenvalue weighted by atomic mass is 10.1. The number of aromatic nitrogens is 2. The van der Waals surface area contributed by atoms with Crippen molar-refractivity contribution in [3.05, 3.63) is 82.3 Å². The van der Waals surface area contributed by atoms with Gasteiger partial charge in [-0.2, -0.15) is 0 Å². The van der Waals surface area contributed by atoms with Crippen LogP contribution in [0.1, 0.15) is 30.3 Å². The summed E-state index contributed by atoms with van der Waals surface area (Å²) in [6, 6.07) is 14.1. The van der Waals surface area contributed by atoms with E-state index >= 15 is 0 Å². The second kappa shape index (κ2) is 11.5. The minimum Gasteiger partial charge on any atom is -0.396 e. The molecule has 3 aromatic rings.